The van der Waals surface area contributed by atoms with Crippen LogP contribution < -0.4 is 10.1 Å². The number of nitrogens with zero attached hydrogens (tertiary/aromatic N) is 2. The van der Waals surface area contributed by atoms with Gasteiger partial charge in [0.25, 0.3) is 0 Å². The van der Waals surface area contributed by atoms with Crippen molar-refractivity contribution in [2.75, 3.05) is 39.8 Å². The van der Waals surface area contributed by atoms with Gasteiger partial charge in [-0.3, -0.25) is 14.6 Å². The molecule has 0 radical (unpaired) electrons. The number of benzene rings is 1. The number of carbonyl (C=O) groups excluding carboxylic acids is 1. The summed E-state index contributed by atoms with van der Waals surface area (Å²) in [6, 6.07) is 8.67. The van der Waals surface area contributed by atoms with Crippen LogP contribution in [0.2, 0.25) is 0 Å². The fraction of sp³-hybridized carbons (Fsp3) is 0.667. The van der Waals surface area contributed by atoms with Gasteiger partial charge in [-0.2, -0.15) is 0 Å². The predicted octanol–water partition coefficient (Wildman–Crippen LogP) is 2.51. The third-order valence-corrected chi connectivity index (χ3v) is 5.86. The van der Waals surface area contributed by atoms with Crippen molar-refractivity contribution in [2.24, 2.45) is 5.92 Å². The molecule has 1 aromatic rings. The van der Waals surface area contributed by atoms with Crippen LogP contribution in [0.4, 0.5) is 0 Å². The van der Waals surface area contributed by atoms with E-state index in [0.717, 1.165) is 44.9 Å². The summed E-state index contributed by atoms with van der Waals surface area (Å²) in [6.45, 7) is 7.72. The van der Waals surface area contributed by atoms with Gasteiger partial charge < -0.3 is 10.1 Å². The summed E-state index contributed by atoms with van der Waals surface area (Å²) in [6.07, 6.45) is 4.94. The van der Waals surface area contributed by atoms with Crippen molar-refractivity contribution in [2.45, 2.75) is 45.2 Å². The maximum Gasteiger partial charge on any atom is 0.234 e. The first-order valence-electron chi connectivity index (χ1n) is 10.0. The monoisotopic (exact) mass is 359 g/mol. The smallest absolute Gasteiger partial charge is 0.234 e. The molecule has 1 aliphatic carbocycles. The number of amides is 1. The Labute approximate surface area is 157 Å². The van der Waals surface area contributed by atoms with Crippen molar-refractivity contribution < 1.29 is 9.53 Å². The summed E-state index contributed by atoms with van der Waals surface area (Å²) < 4.78 is 5.21. The van der Waals surface area contributed by atoms with Crippen LogP contribution in [0.3, 0.4) is 0 Å². The third-order valence-electron chi connectivity index (χ3n) is 5.86. The highest BCUT2D eigenvalue weighted by molar-refractivity contribution is 5.78. The van der Waals surface area contributed by atoms with Gasteiger partial charge in [-0.25, -0.2) is 0 Å². The van der Waals surface area contributed by atoms with Crippen LogP contribution in [0, 0.1) is 5.92 Å². The maximum absolute atomic E-state index is 12.4. The molecule has 3 rings (SSSR count). The Morgan fingerprint density at radius 2 is 1.73 bits per heavy atom. The Morgan fingerprint density at radius 3 is 2.38 bits per heavy atom. The summed E-state index contributed by atoms with van der Waals surface area (Å²) in [5.74, 6) is 1.72. The highest BCUT2D eigenvalue weighted by atomic mass is 16.5. The Morgan fingerprint density at radius 1 is 1.08 bits per heavy atom. The van der Waals surface area contributed by atoms with Gasteiger partial charge in [0.15, 0.2) is 0 Å². The molecule has 0 spiro atoms. The molecule has 2 fully saturated rings. The van der Waals surface area contributed by atoms with E-state index in [1.54, 1.807) is 7.11 Å². The molecule has 5 heteroatoms. The van der Waals surface area contributed by atoms with Crippen molar-refractivity contribution in [3.8, 4) is 5.75 Å². The van der Waals surface area contributed by atoms with Crippen LogP contribution in [0.1, 0.15) is 38.2 Å². The third kappa shape index (κ3) is 5.45. The second-order valence-electron chi connectivity index (χ2n) is 7.84. The average Bonchev–Trinajstić information content (AvgIpc) is 2.66. The lowest BCUT2D eigenvalue weighted by Gasteiger charge is -2.35. The van der Waals surface area contributed by atoms with Gasteiger partial charge in [0, 0.05) is 38.8 Å². The van der Waals surface area contributed by atoms with Gasteiger partial charge in [0.1, 0.15) is 5.75 Å². The first kappa shape index (κ1) is 19.2. The molecular weight excluding hydrogens is 326 g/mol. The van der Waals surface area contributed by atoms with Gasteiger partial charge in [-0.15, -0.1) is 0 Å². The SMILES string of the molecule is COc1ccc(CN2CCN(CC(=O)N[C@@H]3CCCC[C@@H]3C)CC2)cc1. The van der Waals surface area contributed by atoms with Crippen LogP contribution in [-0.4, -0.2) is 61.6 Å². The Bertz CT molecular complexity index is 567. The molecular formula is C21H33N3O2. The molecule has 2 aliphatic rings. The molecule has 1 N–H and O–H groups in total. The fourth-order valence-electron chi connectivity index (χ4n) is 4.08. The van der Waals surface area contributed by atoms with Gasteiger partial charge in [0.05, 0.1) is 13.7 Å². The second-order valence-corrected chi connectivity index (χ2v) is 7.84. The van der Waals surface area contributed by atoms with Crippen LogP contribution in [0.5, 0.6) is 5.75 Å². The van der Waals surface area contributed by atoms with Gasteiger partial charge >= 0.3 is 0 Å². The molecule has 0 aromatic heterocycles. The minimum absolute atomic E-state index is 0.201. The lowest BCUT2D eigenvalue weighted by Crippen LogP contribution is -2.51. The first-order valence-corrected chi connectivity index (χ1v) is 10.0. The van der Waals surface area contributed by atoms with E-state index >= 15 is 0 Å². The molecule has 144 valence electrons. The highest BCUT2D eigenvalue weighted by Crippen LogP contribution is 2.23. The van der Waals surface area contributed by atoms with E-state index in [1.165, 1.54) is 24.8 Å². The number of rotatable bonds is 6. The number of methoxy groups -OCH3 is 1. The zero-order valence-electron chi connectivity index (χ0n) is 16.2. The second kappa shape index (κ2) is 9.38. The predicted molar refractivity (Wildman–Crippen MR) is 104 cm³/mol. The van der Waals surface area contributed by atoms with Gasteiger partial charge in [-0.05, 0) is 36.5 Å². The molecule has 1 saturated carbocycles. The molecule has 0 unspecified atom stereocenters. The van der Waals surface area contributed by atoms with Crippen molar-refractivity contribution in [1.82, 2.24) is 15.1 Å². The zero-order chi connectivity index (χ0) is 18.4. The summed E-state index contributed by atoms with van der Waals surface area (Å²) in [4.78, 5) is 17.1. The maximum atomic E-state index is 12.4. The number of piperazine rings is 1. The largest absolute Gasteiger partial charge is 0.497 e. The Hall–Kier alpha value is -1.59. The van der Waals surface area contributed by atoms with Crippen LogP contribution in [-0.2, 0) is 11.3 Å². The van der Waals surface area contributed by atoms with Gasteiger partial charge in [-0.1, -0.05) is 31.9 Å². The molecule has 5 nitrogen and oxygen atoms in total. The quantitative estimate of drug-likeness (QED) is 0.848. The van der Waals surface area contributed by atoms with E-state index in [4.69, 9.17) is 4.74 Å². The Balaban J connectivity index is 1.38. The van der Waals surface area contributed by atoms with Crippen LogP contribution in [0.25, 0.3) is 0 Å². The molecule has 1 saturated heterocycles. The normalized spacial score (nSPS) is 25.0. The molecule has 1 aliphatic heterocycles. The molecule has 2 atom stereocenters. The molecule has 1 heterocycles. The highest BCUT2D eigenvalue weighted by Gasteiger charge is 2.24. The van der Waals surface area contributed by atoms with E-state index in [1.807, 2.05) is 12.1 Å². The lowest BCUT2D eigenvalue weighted by atomic mass is 9.86. The minimum Gasteiger partial charge on any atom is -0.497 e. The fourth-order valence-corrected chi connectivity index (χ4v) is 4.08. The number of carbonyl (C=O) groups is 1. The number of ether oxygens (including phenoxy) is 1. The summed E-state index contributed by atoms with van der Waals surface area (Å²) in [5.41, 5.74) is 1.31. The first-order chi connectivity index (χ1) is 12.6. The molecule has 1 aromatic carbocycles. The zero-order valence-corrected chi connectivity index (χ0v) is 16.2. The standard InChI is InChI=1S/C21H33N3O2/c1-17-5-3-4-6-20(17)22-21(25)16-24-13-11-23(12-14-24)15-18-7-9-19(26-2)10-8-18/h7-10,17,20H,3-6,11-16H2,1-2H3,(H,22,25)/t17-,20+/m0/s1. The molecule has 0 bridgehead atoms. The van der Waals surface area contributed by atoms with E-state index in [2.05, 4.69) is 34.2 Å². The van der Waals surface area contributed by atoms with Gasteiger partial charge in [0.2, 0.25) is 5.91 Å². The van der Waals surface area contributed by atoms with Crippen molar-refractivity contribution in [1.29, 1.82) is 0 Å². The van der Waals surface area contributed by atoms with E-state index < -0.39 is 0 Å². The summed E-state index contributed by atoms with van der Waals surface area (Å²) >= 11 is 0. The average molecular weight is 360 g/mol. The van der Waals surface area contributed by atoms with Crippen molar-refractivity contribution in [3.05, 3.63) is 29.8 Å². The molecule has 1 amide bonds. The number of hydrogen-bond acceptors (Lipinski definition) is 4. The lowest BCUT2D eigenvalue weighted by molar-refractivity contribution is -0.124. The molecule has 26 heavy (non-hydrogen) atoms. The number of nitrogens with one attached hydrogen (secondary N) is 1. The number of hydrogen-bond donors (Lipinski definition) is 1. The van der Waals surface area contributed by atoms with E-state index in [0.29, 0.717) is 18.5 Å². The van der Waals surface area contributed by atoms with Crippen LogP contribution >= 0.6 is 0 Å². The van der Waals surface area contributed by atoms with Crippen molar-refractivity contribution in [3.63, 3.8) is 0 Å². The van der Waals surface area contributed by atoms with E-state index in [9.17, 15) is 4.79 Å². The summed E-state index contributed by atoms with van der Waals surface area (Å²) in [5, 5.41) is 3.27. The minimum atomic E-state index is 0.201. The topological polar surface area (TPSA) is 44.8 Å². The Kier molecular flexibility index (Phi) is 6.92. The summed E-state index contributed by atoms with van der Waals surface area (Å²) in [7, 11) is 1.69. The van der Waals surface area contributed by atoms with Crippen LogP contribution in [0.15, 0.2) is 24.3 Å². The van der Waals surface area contributed by atoms with E-state index in [-0.39, 0.29) is 5.91 Å². The van der Waals surface area contributed by atoms with Crippen molar-refractivity contribution >= 4 is 5.91 Å².